The van der Waals surface area contributed by atoms with Gasteiger partial charge in [-0.2, -0.15) is 0 Å². The van der Waals surface area contributed by atoms with E-state index in [4.69, 9.17) is 13.3 Å². The molecular weight excluding hydrogens is 215 g/mol. The van der Waals surface area contributed by atoms with Crippen LogP contribution in [0.1, 0.15) is 13.8 Å². The van der Waals surface area contributed by atoms with E-state index in [0.29, 0.717) is 5.75 Å². The van der Waals surface area contributed by atoms with Crippen molar-refractivity contribution in [2.24, 2.45) is 0 Å². The second kappa shape index (κ2) is 5.84. The summed E-state index contributed by atoms with van der Waals surface area (Å²) in [6, 6.07) is 8.69. The number of halogens is 1. The fraction of sp³-hybridized carbons (Fsp3) is 0.400. The highest BCUT2D eigenvalue weighted by molar-refractivity contribution is 6.53. The molecule has 0 aliphatic heterocycles. The van der Waals surface area contributed by atoms with Gasteiger partial charge in [0.1, 0.15) is 5.75 Å². The van der Waals surface area contributed by atoms with Gasteiger partial charge in [0.2, 0.25) is 0 Å². The van der Waals surface area contributed by atoms with Crippen LogP contribution in [-0.4, -0.2) is 22.4 Å². The first-order valence-corrected chi connectivity index (χ1v) is 6.51. The van der Waals surface area contributed by atoms with Crippen LogP contribution in [0.15, 0.2) is 30.3 Å². The Bertz CT molecular complexity index is 275. The lowest BCUT2D eigenvalue weighted by Gasteiger charge is -2.19. The Morgan fingerprint density at radius 3 is 2.07 bits per heavy atom. The van der Waals surface area contributed by atoms with Crippen molar-refractivity contribution in [3.8, 4) is 5.75 Å². The molecule has 1 rings (SSSR count). The Labute approximate surface area is 90.3 Å². The van der Waals surface area contributed by atoms with Gasteiger partial charge in [-0.1, -0.05) is 18.2 Å². The molecule has 0 heterocycles. The fourth-order valence-electron chi connectivity index (χ4n) is 1.07. The van der Waals surface area contributed by atoms with Crippen molar-refractivity contribution < 1.29 is 17.4 Å². The van der Waals surface area contributed by atoms with Crippen LogP contribution in [0, 0.1) is 0 Å². The number of hydrogen-bond donors (Lipinski definition) is 0. The molecule has 0 saturated heterocycles. The standard InChI is InChI=1S/C10H15FO3Si/c1-3-12-15(11,13-4-2)14-10-8-6-5-7-9-10/h5-9H,3-4H2,1-2H3. The molecule has 0 spiro atoms. The number of hydrogen-bond acceptors (Lipinski definition) is 3. The van der Waals surface area contributed by atoms with Crippen LogP contribution in [0.4, 0.5) is 4.11 Å². The van der Waals surface area contributed by atoms with Gasteiger partial charge in [-0.05, 0) is 26.0 Å². The largest absolute Gasteiger partial charge is 0.791 e. The molecule has 3 nitrogen and oxygen atoms in total. The predicted octanol–water partition coefficient (Wildman–Crippen LogP) is 2.54. The zero-order valence-corrected chi connectivity index (χ0v) is 9.90. The van der Waals surface area contributed by atoms with Gasteiger partial charge in [-0.15, -0.1) is 0 Å². The molecule has 0 radical (unpaired) electrons. The molecule has 0 saturated carbocycles. The summed E-state index contributed by atoms with van der Waals surface area (Å²) < 4.78 is 28.9. The minimum absolute atomic E-state index is 0.232. The van der Waals surface area contributed by atoms with Crippen molar-refractivity contribution in [3.63, 3.8) is 0 Å². The summed E-state index contributed by atoms with van der Waals surface area (Å²) in [7, 11) is -3.99. The molecule has 84 valence electrons. The summed E-state index contributed by atoms with van der Waals surface area (Å²) in [5.41, 5.74) is 0. The van der Waals surface area contributed by atoms with Gasteiger partial charge < -0.3 is 13.3 Å². The van der Waals surface area contributed by atoms with E-state index in [1.165, 1.54) is 0 Å². The Hall–Kier alpha value is -0.913. The third-order valence-electron chi connectivity index (χ3n) is 1.62. The summed E-state index contributed by atoms with van der Waals surface area (Å²) in [5, 5.41) is 0. The van der Waals surface area contributed by atoms with E-state index in [9.17, 15) is 4.11 Å². The summed E-state index contributed by atoms with van der Waals surface area (Å²) >= 11 is 0. The lowest BCUT2D eigenvalue weighted by Crippen LogP contribution is -2.44. The maximum Gasteiger partial charge on any atom is 0.791 e. The number of rotatable bonds is 6. The third kappa shape index (κ3) is 3.99. The molecule has 0 aliphatic carbocycles. The molecule has 0 atom stereocenters. The summed E-state index contributed by atoms with van der Waals surface area (Å²) in [6.07, 6.45) is 0. The predicted molar refractivity (Wildman–Crippen MR) is 57.2 cm³/mol. The van der Waals surface area contributed by atoms with E-state index in [-0.39, 0.29) is 13.2 Å². The Morgan fingerprint density at radius 1 is 1.07 bits per heavy atom. The van der Waals surface area contributed by atoms with Crippen molar-refractivity contribution in [3.05, 3.63) is 30.3 Å². The normalized spacial score (nSPS) is 11.4. The Kier molecular flexibility index (Phi) is 4.74. The van der Waals surface area contributed by atoms with Crippen molar-refractivity contribution in [1.29, 1.82) is 0 Å². The molecule has 15 heavy (non-hydrogen) atoms. The lowest BCUT2D eigenvalue weighted by molar-refractivity contribution is 0.0729. The Morgan fingerprint density at radius 2 is 1.60 bits per heavy atom. The van der Waals surface area contributed by atoms with Gasteiger partial charge in [0.05, 0.1) is 0 Å². The highest BCUT2D eigenvalue weighted by atomic mass is 28.4. The molecule has 0 unspecified atom stereocenters. The first-order chi connectivity index (χ1) is 7.20. The minimum Gasteiger partial charge on any atom is -0.477 e. The van der Waals surface area contributed by atoms with Crippen LogP contribution < -0.4 is 4.43 Å². The topological polar surface area (TPSA) is 27.7 Å². The van der Waals surface area contributed by atoms with Crippen LogP contribution in [0.25, 0.3) is 0 Å². The van der Waals surface area contributed by atoms with Gasteiger partial charge >= 0.3 is 9.14 Å². The molecule has 0 bridgehead atoms. The first kappa shape index (κ1) is 12.2. The van der Waals surface area contributed by atoms with E-state index >= 15 is 0 Å². The molecule has 5 heteroatoms. The van der Waals surface area contributed by atoms with Gasteiger partial charge in [0, 0.05) is 13.2 Å². The lowest BCUT2D eigenvalue weighted by atomic mass is 10.3. The van der Waals surface area contributed by atoms with Gasteiger partial charge in [-0.25, -0.2) is 4.11 Å². The van der Waals surface area contributed by atoms with Crippen molar-refractivity contribution >= 4 is 9.14 Å². The van der Waals surface area contributed by atoms with E-state index in [1.807, 2.05) is 6.07 Å². The average molecular weight is 230 g/mol. The highest BCUT2D eigenvalue weighted by Gasteiger charge is 2.46. The number of benzene rings is 1. The Balaban J connectivity index is 2.66. The van der Waals surface area contributed by atoms with Crippen molar-refractivity contribution in [1.82, 2.24) is 0 Å². The SMILES string of the molecule is CCO[Si](F)(OCC)Oc1ccccc1. The van der Waals surface area contributed by atoms with E-state index in [2.05, 4.69) is 0 Å². The molecule has 0 amide bonds. The van der Waals surface area contributed by atoms with Gasteiger partial charge in [0.15, 0.2) is 0 Å². The smallest absolute Gasteiger partial charge is 0.477 e. The summed E-state index contributed by atoms with van der Waals surface area (Å²) in [5.74, 6) is 0.425. The second-order valence-corrected chi connectivity index (χ2v) is 4.51. The first-order valence-electron chi connectivity index (χ1n) is 4.91. The van der Waals surface area contributed by atoms with Crippen molar-refractivity contribution in [2.75, 3.05) is 13.2 Å². The molecule has 0 aliphatic rings. The second-order valence-electron chi connectivity index (χ2n) is 2.76. The van der Waals surface area contributed by atoms with Crippen LogP contribution >= 0.6 is 0 Å². The minimum atomic E-state index is -3.99. The zero-order valence-electron chi connectivity index (χ0n) is 8.90. The molecule has 0 aromatic heterocycles. The molecule has 1 aromatic rings. The van der Waals surface area contributed by atoms with Crippen LogP contribution in [-0.2, 0) is 8.85 Å². The maximum atomic E-state index is 14.0. The molecule has 0 fully saturated rings. The monoisotopic (exact) mass is 230 g/mol. The van der Waals surface area contributed by atoms with Crippen molar-refractivity contribution in [2.45, 2.75) is 13.8 Å². The third-order valence-corrected chi connectivity index (χ3v) is 3.36. The fourth-order valence-corrected chi connectivity index (χ4v) is 2.38. The molecular formula is C10H15FO3Si. The van der Waals surface area contributed by atoms with E-state index in [0.717, 1.165) is 0 Å². The van der Waals surface area contributed by atoms with Crippen LogP contribution in [0.5, 0.6) is 5.75 Å². The van der Waals surface area contributed by atoms with Crippen LogP contribution in [0.2, 0.25) is 0 Å². The zero-order chi connectivity index (χ0) is 11.1. The van der Waals surface area contributed by atoms with Gasteiger partial charge in [0.25, 0.3) is 0 Å². The number of para-hydroxylation sites is 1. The molecule has 0 N–H and O–H groups in total. The highest BCUT2D eigenvalue weighted by Crippen LogP contribution is 2.18. The van der Waals surface area contributed by atoms with E-state index < -0.39 is 9.14 Å². The maximum absolute atomic E-state index is 14.0. The van der Waals surface area contributed by atoms with E-state index in [1.54, 1.807) is 38.1 Å². The van der Waals surface area contributed by atoms with Gasteiger partial charge in [-0.3, -0.25) is 0 Å². The summed E-state index contributed by atoms with van der Waals surface area (Å²) in [6.45, 7) is 3.87. The molecule has 1 aromatic carbocycles. The van der Waals surface area contributed by atoms with Crippen LogP contribution in [0.3, 0.4) is 0 Å². The quantitative estimate of drug-likeness (QED) is 0.555. The summed E-state index contributed by atoms with van der Waals surface area (Å²) in [4.78, 5) is 0. The average Bonchev–Trinajstić information content (AvgIpc) is 2.19.